The molecule has 158 valence electrons. The molecule has 0 spiro atoms. The number of morpholine rings is 1. The van der Waals surface area contributed by atoms with Crippen molar-refractivity contribution in [1.29, 1.82) is 0 Å². The molecule has 3 aliphatic rings. The number of nitrogens with one attached hydrogen (secondary N) is 2. The normalized spacial score (nSPS) is 22.6. The fourth-order valence-electron chi connectivity index (χ4n) is 3.96. The van der Waals surface area contributed by atoms with Crippen molar-refractivity contribution in [1.82, 2.24) is 25.3 Å². The van der Waals surface area contributed by atoms with E-state index in [9.17, 15) is 4.79 Å². The van der Waals surface area contributed by atoms with E-state index >= 15 is 0 Å². The first-order valence-electron chi connectivity index (χ1n) is 10.1. The second kappa shape index (κ2) is 7.73. The van der Waals surface area contributed by atoms with Gasteiger partial charge in [0.2, 0.25) is 0 Å². The number of aromatic amines is 1. The molecule has 10 nitrogen and oxygen atoms in total. The molecule has 3 aliphatic heterocycles. The molecule has 0 aliphatic carbocycles. The van der Waals surface area contributed by atoms with Gasteiger partial charge in [-0.2, -0.15) is 5.10 Å². The van der Waals surface area contributed by atoms with Gasteiger partial charge in [0.1, 0.15) is 17.7 Å². The zero-order chi connectivity index (χ0) is 20.7. The Morgan fingerprint density at radius 1 is 1.43 bits per heavy atom. The Bertz CT molecular complexity index is 992. The number of nitrogens with two attached hydrogens (primary N) is 1. The van der Waals surface area contributed by atoms with E-state index in [2.05, 4.69) is 20.5 Å². The highest BCUT2D eigenvalue weighted by Crippen LogP contribution is 2.44. The predicted octanol–water partition coefficient (Wildman–Crippen LogP) is 1.33. The van der Waals surface area contributed by atoms with Crippen LogP contribution in [-0.4, -0.2) is 83.1 Å². The van der Waals surface area contributed by atoms with Gasteiger partial charge in [-0.1, -0.05) is 0 Å². The van der Waals surface area contributed by atoms with Gasteiger partial charge in [0.05, 0.1) is 46.9 Å². The van der Waals surface area contributed by atoms with Crippen LogP contribution in [0.2, 0.25) is 0 Å². The van der Waals surface area contributed by atoms with Gasteiger partial charge in [-0.15, -0.1) is 11.3 Å². The molecule has 30 heavy (non-hydrogen) atoms. The minimum Gasteiger partial charge on any atom is -0.385 e. The Morgan fingerprint density at radius 2 is 2.27 bits per heavy atom. The van der Waals surface area contributed by atoms with Gasteiger partial charge in [0.25, 0.3) is 0 Å². The number of ether oxygens (including phenoxy) is 1. The summed E-state index contributed by atoms with van der Waals surface area (Å²) in [6.45, 7) is 5.40. The maximum absolute atomic E-state index is 12.9. The molecule has 2 atom stereocenters. The van der Waals surface area contributed by atoms with E-state index in [0.717, 1.165) is 27.0 Å². The third-order valence-electron chi connectivity index (χ3n) is 5.55. The van der Waals surface area contributed by atoms with Gasteiger partial charge in [-0.3, -0.25) is 10.1 Å². The van der Waals surface area contributed by atoms with Crippen LogP contribution >= 0.6 is 11.3 Å². The van der Waals surface area contributed by atoms with Gasteiger partial charge in [0, 0.05) is 25.8 Å². The van der Waals surface area contributed by atoms with Crippen molar-refractivity contribution in [2.24, 2.45) is 15.7 Å². The fraction of sp³-hybridized carbons (Fsp3) is 0.474. The summed E-state index contributed by atoms with van der Waals surface area (Å²) in [5, 5.41) is 10.5. The molecule has 2 aromatic rings. The molecule has 5 rings (SSSR count). The molecule has 0 saturated carbocycles. The highest BCUT2D eigenvalue weighted by atomic mass is 32.1. The van der Waals surface area contributed by atoms with Gasteiger partial charge < -0.3 is 25.6 Å². The summed E-state index contributed by atoms with van der Waals surface area (Å²) in [5.41, 5.74) is 8.07. The number of thiophene rings is 1. The minimum atomic E-state index is -0.252. The van der Waals surface area contributed by atoms with Gasteiger partial charge in [-0.25, -0.2) is 9.79 Å². The topological polar surface area (TPSA) is 124 Å². The molecule has 2 unspecified atom stereocenters. The number of likely N-dealkylation sites (N-methyl/N-ethyl adjacent to an activating group) is 1. The van der Waals surface area contributed by atoms with Crippen LogP contribution in [0.1, 0.15) is 17.8 Å². The maximum Gasteiger partial charge on any atom is 0.320 e. The van der Waals surface area contributed by atoms with Crippen LogP contribution in [-0.2, 0) is 4.74 Å². The highest BCUT2D eigenvalue weighted by molar-refractivity contribution is 7.16. The third-order valence-corrected chi connectivity index (χ3v) is 6.79. The number of aromatic nitrogens is 2. The van der Waals surface area contributed by atoms with Gasteiger partial charge >= 0.3 is 6.03 Å². The average Bonchev–Trinajstić information content (AvgIpc) is 3.51. The van der Waals surface area contributed by atoms with E-state index in [4.69, 9.17) is 15.5 Å². The lowest BCUT2D eigenvalue weighted by Gasteiger charge is -2.32. The van der Waals surface area contributed by atoms with Crippen molar-refractivity contribution in [2.75, 3.05) is 39.4 Å². The summed E-state index contributed by atoms with van der Waals surface area (Å²) in [7, 11) is 0. The lowest BCUT2D eigenvalue weighted by atomic mass is 10.0. The van der Waals surface area contributed by atoms with Crippen molar-refractivity contribution >= 4 is 34.7 Å². The van der Waals surface area contributed by atoms with Crippen molar-refractivity contribution in [2.45, 2.75) is 19.0 Å². The molecule has 2 amide bonds. The lowest BCUT2D eigenvalue weighted by molar-refractivity contribution is 0.0448. The highest BCUT2D eigenvalue weighted by Gasteiger charge is 2.39. The van der Waals surface area contributed by atoms with Crippen LogP contribution < -0.4 is 11.1 Å². The average molecular weight is 429 g/mol. The van der Waals surface area contributed by atoms with Crippen LogP contribution in [0.25, 0.3) is 10.6 Å². The lowest BCUT2D eigenvalue weighted by Crippen LogP contribution is -2.50. The molecular weight excluding hydrogens is 404 g/mol. The second-order valence-corrected chi connectivity index (χ2v) is 8.49. The van der Waals surface area contributed by atoms with Crippen LogP contribution in [0.3, 0.4) is 0 Å². The number of hydrogen-bond donors (Lipinski definition) is 3. The molecule has 1 saturated heterocycles. The number of urea groups is 1. The molecule has 4 N–H and O–H groups in total. The van der Waals surface area contributed by atoms with Crippen molar-refractivity contribution in [3.05, 3.63) is 23.2 Å². The summed E-state index contributed by atoms with van der Waals surface area (Å²) >= 11 is 1.65. The summed E-state index contributed by atoms with van der Waals surface area (Å²) in [5.74, 6) is 1.25. The summed E-state index contributed by atoms with van der Waals surface area (Å²) in [6.07, 6.45) is 1.73. The van der Waals surface area contributed by atoms with Gasteiger partial charge in [-0.05, 0) is 19.1 Å². The number of carbonyl (C=O) groups is 1. The van der Waals surface area contributed by atoms with Crippen molar-refractivity contribution in [3.8, 4) is 10.6 Å². The Kier molecular flexibility index (Phi) is 4.91. The Morgan fingerprint density at radius 3 is 3.00 bits per heavy atom. The number of amides is 2. The first-order chi connectivity index (χ1) is 14.6. The molecule has 11 heteroatoms. The standard InChI is InChI=1S/C19H24N8O2S/c1-2-26(19(28)27-5-7-29-8-6-27)10-14-23-15-16(24-14)18(20)22-12-9-13(30-17(12)15)11-3-4-21-25-11/h3-4,9,15-16H,2,5-8,10H2,1H3,(H2,20,22)(H,21,25)(H,23,24). The fourth-order valence-corrected chi connectivity index (χ4v) is 5.11. The van der Waals surface area contributed by atoms with Gasteiger partial charge in [0.15, 0.2) is 0 Å². The number of amidine groups is 2. The summed E-state index contributed by atoms with van der Waals surface area (Å²) in [6, 6.07) is 3.66. The third kappa shape index (κ3) is 3.33. The minimum absolute atomic E-state index is 0.0140. The molecule has 5 heterocycles. The number of carbonyl (C=O) groups excluding carboxylic acids is 1. The van der Waals surface area contributed by atoms with Crippen LogP contribution in [0.4, 0.5) is 10.5 Å². The summed E-state index contributed by atoms with van der Waals surface area (Å²) < 4.78 is 5.35. The van der Waals surface area contributed by atoms with E-state index in [1.807, 2.05) is 24.0 Å². The molecule has 1 fully saturated rings. The Hall–Kier alpha value is -2.92. The van der Waals surface area contributed by atoms with Crippen LogP contribution in [0, 0.1) is 0 Å². The number of hydrogen-bond acceptors (Lipinski definition) is 8. The zero-order valence-corrected chi connectivity index (χ0v) is 17.5. The SMILES string of the molecule is CCN(CC1=NC2C(N)=Nc3cc(-c4ccn[nH]4)sc3C2N1)C(=O)N1CCOCC1. The van der Waals surface area contributed by atoms with E-state index in [1.54, 1.807) is 22.4 Å². The van der Waals surface area contributed by atoms with E-state index in [-0.39, 0.29) is 18.1 Å². The Balaban J connectivity index is 1.34. The van der Waals surface area contributed by atoms with E-state index in [1.165, 1.54) is 0 Å². The predicted molar refractivity (Wildman–Crippen MR) is 115 cm³/mol. The monoisotopic (exact) mass is 428 g/mol. The summed E-state index contributed by atoms with van der Waals surface area (Å²) in [4.78, 5) is 28.0. The first-order valence-corrected chi connectivity index (χ1v) is 10.9. The first kappa shape index (κ1) is 19.1. The largest absolute Gasteiger partial charge is 0.385 e. The maximum atomic E-state index is 12.9. The molecule has 0 bridgehead atoms. The smallest absolute Gasteiger partial charge is 0.320 e. The van der Waals surface area contributed by atoms with Crippen LogP contribution in [0.15, 0.2) is 28.3 Å². The second-order valence-electron chi connectivity index (χ2n) is 7.41. The van der Waals surface area contributed by atoms with Crippen LogP contribution in [0.5, 0.6) is 0 Å². The number of nitrogens with zero attached hydrogens (tertiary/aromatic N) is 5. The zero-order valence-electron chi connectivity index (χ0n) is 16.7. The number of fused-ring (bicyclic) bond motifs is 3. The molecule has 2 aromatic heterocycles. The number of H-pyrrole nitrogens is 1. The molecule has 0 radical (unpaired) electrons. The quantitative estimate of drug-likeness (QED) is 0.678. The number of aliphatic imine (C=N–C) groups is 2. The van der Waals surface area contributed by atoms with Crippen molar-refractivity contribution < 1.29 is 9.53 Å². The van der Waals surface area contributed by atoms with E-state index in [0.29, 0.717) is 45.2 Å². The number of rotatable bonds is 4. The molecule has 0 aromatic carbocycles. The van der Waals surface area contributed by atoms with E-state index < -0.39 is 0 Å². The molecular formula is C19H24N8O2S. The Labute approximate surface area is 177 Å². The van der Waals surface area contributed by atoms with Crippen molar-refractivity contribution in [3.63, 3.8) is 0 Å².